The van der Waals surface area contributed by atoms with E-state index in [1.807, 2.05) is 6.92 Å². The van der Waals surface area contributed by atoms with Crippen LogP contribution in [0.2, 0.25) is 5.02 Å². The van der Waals surface area contributed by atoms with Gasteiger partial charge in [0.15, 0.2) is 4.99 Å². The molecule has 1 aromatic carbocycles. The Labute approximate surface area is 136 Å². The highest BCUT2D eigenvalue weighted by Crippen LogP contribution is 2.36. The maximum atomic E-state index is 12.9. The summed E-state index contributed by atoms with van der Waals surface area (Å²) in [6, 6.07) is 3.57. The van der Waals surface area contributed by atoms with E-state index >= 15 is 0 Å². The van der Waals surface area contributed by atoms with E-state index in [1.54, 1.807) is 0 Å². The fourth-order valence-corrected chi connectivity index (χ4v) is 2.86. The molecule has 0 radical (unpaired) electrons. The molecule has 0 bridgehead atoms. The number of hydrogen-bond donors (Lipinski definition) is 1. The highest BCUT2D eigenvalue weighted by molar-refractivity contribution is 7.82. The van der Waals surface area contributed by atoms with Crippen LogP contribution in [0.1, 0.15) is 24.5 Å². The summed E-state index contributed by atoms with van der Waals surface area (Å²) < 4.78 is 38.7. The number of carbonyl (C=O) groups is 1. The minimum absolute atomic E-state index is 0.00190. The molecule has 1 atom stereocenters. The lowest BCUT2D eigenvalue weighted by molar-refractivity contribution is -0.137. The first kappa shape index (κ1) is 17.0. The van der Waals surface area contributed by atoms with Gasteiger partial charge in [0, 0.05) is 19.1 Å². The lowest BCUT2D eigenvalue weighted by atomic mass is 10.1. The molecule has 120 valence electrons. The number of carbonyl (C=O) groups excluding carboxylic acids is 1. The summed E-state index contributed by atoms with van der Waals surface area (Å²) in [7, 11) is 0. The predicted octanol–water partition coefficient (Wildman–Crippen LogP) is 3.40. The maximum absolute atomic E-state index is 12.9. The van der Waals surface area contributed by atoms with Crippen molar-refractivity contribution in [3.8, 4) is 0 Å². The topological polar surface area (TPSA) is 32.3 Å². The van der Waals surface area contributed by atoms with Crippen LogP contribution < -0.4 is 5.32 Å². The zero-order valence-corrected chi connectivity index (χ0v) is 13.3. The average molecular weight is 351 g/mol. The Morgan fingerprint density at radius 3 is 2.73 bits per heavy atom. The maximum Gasteiger partial charge on any atom is 0.417 e. The third kappa shape index (κ3) is 3.35. The molecule has 1 amide bonds. The molecule has 8 heteroatoms. The van der Waals surface area contributed by atoms with Gasteiger partial charge in [0.05, 0.1) is 10.6 Å². The van der Waals surface area contributed by atoms with Crippen LogP contribution in [0.25, 0.3) is 0 Å². The van der Waals surface area contributed by atoms with Gasteiger partial charge in [-0.05, 0) is 18.1 Å². The standard InChI is InChI=1S/C14H14ClF3N2OS/c1-2-9-6-19-12(22)13(21)20(9)7-8-4-3-5-10(11(8)15)14(16,17)18/h3-5,9H,2,6-7H2,1H3,(H,19,22). The number of halogens is 4. The molecule has 1 fully saturated rings. The Morgan fingerprint density at radius 1 is 1.45 bits per heavy atom. The monoisotopic (exact) mass is 350 g/mol. The predicted molar refractivity (Wildman–Crippen MR) is 81.7 cm³/mol. The summed E-state index contributed by atoms with van der Waals surface area (Å²) in [6.07, 6.45) is -3.86. The summed E-state index contributed by atoms with van der Waals surface area (Å²) in [4.78, 5) is 13.7. The van der Waals surface area contributed by atoms with Gasteiger partial charge in [0.25, 0.3) is 5.91 Å². The first-order chi connectivity index (χ1) is 10.3. The van der Waals surface area contributed by atoms with Crippen molar-refractivity contribution in [2.75, 3.05) is 6.54 Å². The molecule has 1 unspecified atom stereocenters. The van der Waals surface area contributed by atoms with E-state index < -0.39 is 11.7 Å². The van der Waals surface area contributed by atoms with Crippen molar-refractivity contribution in [1.29, 1.82) is 0 Å². The second kappa shape index (κ2) is 6.42. The number of thiocarbonyl (C=S) groups is 1. The highest BCUT2D eigenvalue weighted by atomic mass is 35.5. The zero-order valence-electron chi connectivity index (χ0n) is 11.7. The highest BCUT2D eigenvalue weighted by Gasteiger charge is 2.35. The molecule has 3 nitrogen and oxygen atoms in total. The van der Waals surface area contributed by atoms with Crippen LogP contribution in [0.3, 0.4) is 0 Å². The second-order valence-corrected chi connectivity index (χ2v) is 5.77. The van der Waals surface area contributed by atoms with E-state index in [2.05, 4.69) is 5.32 Å². The Morgan fingerprint density at radius 2 is 2.14 bits per heavy atom. The molecule has 0 aromatic heterocycles. The van der Waals surface area contributed by atoms with Crippen LogP contribution in [0.4, 0.5) is 13.2 Å². The molecule has 1 heterocycles. The molecular weight excluding hydrogens is 337 g/mol. The zero-order chi connectivity index (χ0) is 16.5. The molecule has 0 saturated carbocycles. The van der Waals surface area contributed by atoms with E-state index in [4.69, 9.17) is 23.8 Å². The first-order valence-corrected chi connectivity index (χ1v) is 7.47. The van der Waals surface area contributed by atoms with Gasteiger partial charge in [0.1, 0.15) is 0 Å². The Bertz CT molecular complexity index is 606. The van der Waals surface area contributed by atoms with E-state index in [0.717, 1.165) is 6.07 Å². The number of nitrogens with one attached hydrogen (secondary N) is 1. The van der Waals surface area contributed by atoms with Gasteiger partial charge in [-0.3, -0.25) is 4.79 Å². The summed E-state index contributed by atoms with van der Waals surface area (Å²) in [5.41, 5.74) is -0.641. The Balaban J connectivity index is 2.33. The van der Waals surface area contributed by atoms with Crippen molar-refractivity contribution in [2.24, 2.45) is 0 Å². The van der Waals surface area contributed by atoms with Crippen molar-refractivity contribution < 1.29 is 18.0 Å². The van der Waals surface area contributed by atoms with Crippen molar-refractivity contribution in [3.05, 3.63) is 34.3 Å². The van der Waals surface area contributed by atoms with Crippen molar-refractivity contribution in [1.82, 2.24) is 10.2 Å². The molecular formula is C14H14ClF3N2OS. The van der Waals surface area contributed by atoms with Gasteiger partial charge in [-0.15, -0.1) is 0 Å². The van der Waals surface area contributed by atoms with E-state index in [-0.39, 0.29) is 34.1 Å². The van der Waals surface area contributed by atoms with Crippen LogP contribution in [0.5, 0.6) is 0 Å². The molecule has 1 aliphatic rings. The van der Waals surface area contributed by atoms with E-state index in [9.17, 15) is 18.0 Å². The average Bonchev–Trinajstić information content (AvgIpc) is 2.45. The van der Waals surface area contributed by atoms with Crippen molar-refractivity contribution >= 4 is 34.7 Å². The first-order valence-electron chi connectivity index (χ1n) is 6.69. The normalized spacial score (nSPS) is 19.3. The van der Waals surface area contributed by atoms with Crippen LogP contribution >= 0.6 is 23.8 Å². The summed E-state index contributed by atoms with van der Waals surface area (Å²) >= 11 is 10.8. The molecule has 0 aliphatic carbocycles. The molecule has 1 N–H and O–H groups in total. The number of rotatable bonds is 3. The lowest BCUT2D eigenvalue weighted by Crippen LogP contribution is -2.56. The molecule has 2 rings (SSSR count). The molecule has 22 heavy (non-hydrogen) atoms. The summed E-state index contributed by atoms with van der Waals surface area (Å²) in [5.74, 6) is -0.387. The molecule has 0 spiro atoms. The number of hydrogen-bond acceptors (Lipinski definition) is 2. The van der Waals surface area contributed by atoms with Crippen molar-refractivity contribution in [2.45, 2.75) is 32.1 Å². The molecule has 1 aromatic rings. The number of piperazine rings is 1. The van der Waals surface area contributed by atoms with Gasteiger partial charge in [-0.2, -0.15) is 13.2 Å². The lowest BCUT2D eigenvalue weighted by Gasteiger charge is -2.36. The minimum Gasteiger partial charge on any atom is -0.370 e. The third-order valence-corrected chi connectivity index (χ3v) is 4.36. The van der Waals surface area contributed by atoms with Crippen LogP contribution in [0, 0.1) is 0 Å². The Hall–Kier alpha value is -1.34. The van der Waals surface area contributed by atoms with E-state index in [0.29, 0.717) is 13.0 Å². The third-order valence-electron chi connectivity index (χ3n) is 3.59. The number of alkyl halides is 3. The van der Waals surface area contributed by atoms with Crippen molar-refractivity contribution in [3.63, 3.8) is 0 Å². The Kier molecular flexibility index (Phi) is 4.97. The second-order valence-electron chi connectivity index (χ2n) is 4.98. The fraction of sp³-hybridized carbons (Fsp3) is 0.429. The van der Waals surface area contributed by atoms with Gasteiger partial charge in [0.2, 0.25) is 0 Å². The van der Waals surface area contributed by atoms with Gasteiger partial charge in [-0.1, -0.05) is 42.9 Å². The van der Waals surface area contributed by atoms with Gasteiger partial charge in [-0.25, -0.2) is 0 Å². The number of benzene rings is 1. The smallest absolute Gasteiger partial charge is 0.370 e. The largest absolute Gasteiger partial charge is 0.417 e. The molecule has 1 saturated heterocycles. The fourth-order valence-electron chi connectivity index (χ4n) is 2.36. The number of nitrogens with zero attached hydrogens (tertiary/aromatic N) is 1. The molecule has 1 aliphatic heterocycles. The summed E-state index contributed by atoms with van der Waals surface area (Å²) in [6.45, 7) is 2.38. The van der Waals surface area contributed by atoms with Gasteiger partial charge < -0.3 is 10.2 Å². The summed E-state index contributed by atoms with van der Waals surface area (Å²) in [5, 5.41) is 2.45. The quantitative estimate of drug-likeness (QED) is 0.848. The van der Waals surface area contributed by atoms with Crippen LogP contribution in [-0.2, 0) is 17.5 Å². The van der Waals surface area contributed by atoms with E-state index in [1.165, 1.54) is 17.0 Å². The minimum atomic E-state index is -4.53. The number of amides is 1. The SMILES string of the molecule is CCC1CNC(=S)C(=O)N1Cc1cccc(C(F)(F)F)c1Cl. The van der Waals surface area contributed by atoms with Crippen LogP contribution in [0.15, 0.2) is 18.2 Å². The van der Waals surface area contributed by atoms with Crippen LogP contribution in [-0.4, -0.2) is 28.4 Å². The van der Waals surface area contributed by atoms with Gasteiger partial charge >= 0.3 is 6.18 Å².